The molecule has 0 radical (unpaired) electrons. The number of alkyl halides is 1. The van der Waals surface area contributed by atoms with Crippen LogP contribution in [0.2, 0.25) is 0 Å². The second-order valence-corrected chi connectivity index (χ2v) is 10.1. The largest absolute Gasteiger partial charge is 0.383 e. The Morgan fingerprint density at radius 2 is 2.00 bits per heavy atom. The van der Waals surface area contributed by atoms with Crippen molar-refractivity contribution in [2.45, 2.75) is 6.04 Å². The van der Waals surface area contributed by atoms with Gasteiger partial charge in [-0.1, -0.05) is 18.2 Å². The summed E-state index contributed by atoms with van der Waals surface area (Å²) >= 11 is 0. The molecule has 1 aromatic carbocycles. The number of nitrogens with one attached hydrogen (secondary N) is 3. The Morgan fingerprint density at radius 3 is 2.76 bits per heavy atom. The fraction of sp³-hybridized carbons (Fsp3) is 0.276. The minimum atomic E-state index is -0.329. The summed E-state index contributed by atoms with van der Waals surface area (Å²) in [4.78, 5) is 34.6. The lowest BCUT2D eigenvalue weighted by molar-refractivity contribution is -0.111. The number of fused-ring (bicyclic) bond motifs is 1. The zero-order valence-electron chi connectivity index (χ0n) is 23.0. The number of hydrogen-bond acceptors (Lipinski definition) is 10. The lowest BCUT2D eigenvalue weighted by Gasteiger charge is -2.39. The van der Waals surface area contributed by atoms with Crippen LogP contribution in [0, 0.1) is 0 Å². The summed E-state index contributed by atoms with van der Waals surface area (Å²) in [6, 6.07) is 13.2. The van der Waals surface area contributed by atoms with Crippen LogP contribution in [0.15, 0.2) is 67.0 Å². The first kappa shape index (κ1) is 27.9. The molecule has 5 N–H and O–H groups in total. The number of nitrogens with zero attached hydrogens (tertiary/aromatic N) is 6. The summed E-state index contributed by atoms with van der Waals surface area (Å²) in [7, 11) is 3.87. The van der Waals surface area contributed by atoms with E-state index in [1.54, 1.807) is 24.5 Å². The number of hydrogen-bond donors (Lipinski definition) is 4. The summed E-state index contributed by atoms with van der Waals surface area (Å²) in [5.41, 5.74) is 9.60. The molecule has 1 aliphatic heterocycles. The Balaban J connectivity index is 1.32. The molecule has 11 nitrogen and oxygen atoms in total. The molecule has 212 valence electrons. The normalized spacial score (nSPS) is 14.0. The van der Waals surface area contributed by atoms with Gasteiger partial charge in [0.1, 0.15) is 23.8 Å². The van der Waals surface area contributed by atoms with Gasteiger partial charge in [0.05, 0.1) is 23.6 Å². The molecule has 0 bridgehead atoms. The highest BCUT2D eigenvalue weighted by Gasteiger charge is 2.26. The Hall–Kier alpha value is -4.68. The van der Waals surface area contributed by atoms with Gasteiger partial charge in [-0.15, -0.1) is 0 Å². The predicted octanol–water partition coefficient (Wildman–Crippen LogP) is 3.53. The van der Waals surface area contributed by atoms with Crippen LogP contribution in [0.5, 0.6) is 0 Å². The van der Waals surface area contributed by atoms with Crippen molar-refractivity contribution in [1.82, 2.24) is 29.7 Å². The number of nitrogen functional groups attached to an aromatic ring is 1. The average Bonchev–Trinajstić information content (AvgIpc) is 2.92. The number of aromatic nitrogens is 4. The molecule has 0 spiro atoms. The van der Waals surface area contributed by atoms with Crippen LogP contribution >= 0.6 is 0 Å². The number of anilines is 5. The zero-order valence-corrected chi connectivity index (χ0v) is 23.0. The predicted molar refractivity (Wildman–Crippen MR) is 161 cm³/mol. The number of pyridine rings is 2. The molecule has 4 aromatic rings. The Labute approximate surface area is 237 Å². The monoisotopic (exact) mass is 556 g/mol. The highest BCUT2D eigenvalue weighted by molar-refractivity contribution is 6.01. The molecule has 1 amide bonds. The van der Waals surface area contributed by atoms with Crippen molar-refractivity contribution in [3.63, 3.8) is 0 Å². The maximum atomic E-state index is 12.5. The maximum absolute atomic E-state index is 12.5. The molecular weight excluding hydrogens is 523 g/mol. The third-order valence-corrected chi connectivity index (χ3v) is 6.52. The quantitative estimate of drug-likeness (QED) is 0.203. The third-order valence-electron chi connectivity index (χ3n) is 6.52. The molecule has 1 fully saturated rings. The molecule has 0 aliphatic carbocycles. The number of benzene rings is 1. The first-order valence-electron chi connectivity index (χ1n) is 13.3. The van der Waals surface area contributed by atoms with Crippen molar-refractivity contribution < 1.29 is 9.18 Å². The Morgan fingerprint density at radius 1 is 1.15 bits per heavy atom. The minimum absolute atomic E-state index is 0.214. The summed E-state index contributed by atoms with van der Waals surface area (Å²) in [5.74, 6) is 1.15. The third kappa shape index (κ3) is 7.10. The van der Waals surface area contributed by atoms with E-state index in [2.05, 4.69) is 35.8 Å². The fourth-order valence-electron chi connectivity index (χ4n) is 4.50. The van der Waals surface area contributed by atoms with Crippen LogP contribution < -0.4 is 21.7 Å². The molecule has 0 saturated carbocycles. The van der Waals surface area contributed by atoms with E-state index in [0.29, 0.717) is 52.8 Å². The number of halogens is 1. The van der Waals surface area contributed by atoms with Crippen LogP contribution in [0.25, 0.3) is 22.2 Å². The van der Waals surface area contributed by atoms with E-state index in [0.717, 1.165) is 24.5 Å². The van der Waals surface area contributed by atoms with Crippen LogP contribution in [0.4, 0.5) is 33.3 Å². The van der Waals surface area contributed by atoms with E-state index < -0.39 is 0 Å². The maximum Gasteiger partial charge on any atom is 0.248 e. The number of likely N-dealkylation sites (N-methyl/N-ethyl adjacent to an activating group) is 1. The van der Waals surface area contributed by atoms with Crippen LogP contribution in [0.3, 0.4) is 0 Å². The van der Waals surface area contributed by atoms with Crippen molar-refractivity contribution in [2.24, 2.45) is 0 Å². The molecular formula is C29H33FN10O. The summed E-state index contributed by atoms with van der Waals surface area (Å²) in [6.45, 7) is 2.41. The van der Waals surface area contributed by atoms with E-state index in [4.69, 9.17) is 10.7 Å². The Kier molecular flexibility index (Phi) is 8.61. The van der Waals surface area contributed by atoms with E-state index in [-0.39, 0.29) is 18.6 Å². The van der Waals surface area contributed by atoms with Gasteiger partial charge in [-0.3, -0.25) is 14.7 Å². The molecule has 4 heterocycles. The van der Waals surface area contributed by atoms with Crippen molar-refractivity contribution in [3.05, 3.63) is 67.0 Å². The number of likely N-dealkylation sites (tertiary alicyclic amines) is 1. The van der Waals surface area contributed by atoms with Gasteiger partial charge in [0.15, 0.2) is 0 Å². The molecule has 0 unspecified atom stereocenters. The van der Waals surface area contributed by atoms with Gasteiger partial charge in [-0.25, -0.2) is 14.4 Å². The lowest BCUT2D eigenvalue weighted by atomic mass is 10.1. The molecule has 41 heavy (non-hydrogen) atoms. The van der Waals surface area contributed by atoms with E-state index in [9.17, 15) is 9.18 Å². The number of carbonyl (C=O) groups excluding carboxylic acids is 1. The van der Waals surface area contributed by atoms with Crippen molar-refractivity contribution in [3.8, 4) is 11.3 Å². The summed E-state index contributed by atoms with van der Waals surface area (Å²) in [5, 5.41) is 10.1. The van der Waals surface area contributed by atoms with Gasteiger partial charge in [0, 0.05) is 55.1 Å². The van der Waals surface area contributed by atoms with Crippen LogP contribution in [-0.4, -0.2) is 88.6 Å². The Bertz CT molecular complexity index is 1540. The molecule has 1 aliphatic rings. The average molecular weight is 557 g/mol. The van der Waals surface area contributed by atoms with Gasteiger partial charge in [-0.05, 0) is 44.4 Å². The van der Waals surface area contributed by atoms with Gasteiger partial charge in [-0.2, -0.15) is 4.98 Å². The van der Waals surface area contributed by atoms with Crippen LogP contribution in [0.1, 0.15) is 0 Å². The highest BCUT2D eigenvalue weighted by atomic mass is 19.1. The van der Waals surface area contributed by atoms with E-state index in [1.807, 2.05) is 55.4 Å². The van der Waals surface area contributed by atoms with E-state index >= 15 is 0 Å². The van der Waals surface area contributed by atoms with Crippen molar-refractivity contribution in [1.29, 1.82) is 0 Å². The topological polar surface area (TPSA) is 137 Å². The molecule has 1 saturated heterocycles. The number of nitrogens with two attached hydrogens (primary N) is 1. The summed E-state index contributed by atoms with van der Waals surface area (Å²) in [6.07, 6.45) is 6.67. The summed E-state index contributed by atoms with van der Waals surface area (Å²) < 4.78 is 12.5. The number of amides is 1. The van der Waals surface area contributed by atoms with Gasteiger partial charge < -0.3 is 26.6 Å². The van der Waals surface area contributed by atoms with Gasteiger partial charge >= 0.3 is 0 Å². The standard InChI is InChI=1S/C29H33FN10O/c1-39(2)13-4-7-25(41)35-20-6-3-5-19(15-20)26-27-23(10-12-32-26)28(31)38-29(37-27)36-21-8-9-24(33-16-21)34-22-17-40(18-22)14-11-30/h3-10,12,15-16,22H,11,13-14,17-18H2,1-2H3,(H,33,34)(H,35,41)(H3,31,36,37,38). The van der Waals surface area contributed by atoms with Crippen molar-refractivity contribution in [2.75, 3.05) is 68.6 Å². The smallest absolute Gasteiger partial charge is 0.248 e. The molecule has 12 heteroatoms. The first-order chi connectivity index (χ1) is 19.9. The van der Waals surface area contributed by atoms with E-state index in [1.165, 1.54) is 6.08 Å². The van der Waals surface area contributed by atoms with Gasteiger partial charge in [0.2, 0.25) is 11.9 Å². The molecule has 3 aromatic heterocycles. The first-order valence-corrected chi connectivity index (χ1v) is 13.3. The second kappa shape index (κ2) is 12.7. The zero-order chi connectivity index (χ0) is 28.8. The van der Waals surface area contributed by atoms with Gasteiger partial charge in [0.25, 0.3) is 0 Å². The lowest BCUT2D eigenvalue weighted by Crippen LogP contribution is -2.55. The number of rotatable bonds is 11. The minimum Gasteiger partial charge on any atom is -0.383 e. The fourth-order valence-corrected chi connectivity index (χ4v) is 4.50. The number of carbonyl (C=O) groups is 1. The highest BCUT2D eigenvalue weighted by Crippen LogP contribution is 2.30. The SMILES string of the molecule is CN(C)CC=CC(=O)Nc1cccc(-c2nccc3c(N)nc(Nc4ccc(NC5CN(CCF)C5)nc4)nc23)c1. The molecule has 0 atom stereocenters. The van der Waals surface area contributed by atoms with Crippen LogP contribution in [-0.2, 0) is 4.79 Å². The van der Waals surface area contributed by atoms with Crippen molar-refractivity contribution >= 4 is 45.8 Å². The second-order valence-electron chi connectivity index (χ2n) is 10.1. The molecule has 5 rings (SSSR count).